The van der Waals surface area contributed by atoms with Crippen molar-refractivity contribution in [2.45, 2.75) is 45.1 Å². The zero-order valence-corrected chi connectivity index (χ0v) is 10.1. The summed E-state index contributed by atoms with van der Waals surface area (Å²) in [4.78, 5) is 2.26. The lowest BCUT2D eigenvalue weighted by atomic mass is 9.61. The normalized spacial score (nSPS) is 26.8. The van der Waals surface area contributed by atoms with Crippen molar-refractivity contribution in [3.63, 3.8) is 0 Å². The third kappa shape index (κ3) is 2.72. The smallest absolute Gasteiger partial charge is 0.249 e. The van der Waals surface area contributed by atoms with Crippen molar-refractivity contribution in [1.29, 1.82) is 0 Å². The Morgan fingerprint density at radius 2 is 1.88 bits per heavy atom. The molecule has 0 atom stereocenters. The molecule has 1 saturated heterocycles. The molecule has 0 radical (unpaired) electrons. The molecular weight excluding hydrogens is 212 g/mol. The average Bonchev–Trinajstić information content (AvgIpc) is 2.04. The van der Waals surface area contributed by atoms with Crippen LogP contribution in [0.1, 0.15) is 33.1 Å². The first kappa shape index (κ1) is 12.2. The van der Waals surface area contributed by atoms with E-state index in [1.54, 1.807) is 0 Å². The molecule has 4 heteroatoms. The Morgan fingerprint density at radius 1 is 1.25 bits per heavy atom. The van der Waals surface area contributed by atoms with Gasteiger partial charge in [0, 0.05) is 44.5 Å². The van der Waals surface area contributed by atoms with Crippen LogP contribution in [0, 0.1) is 5.41 Å². The van der Waals surface area contributed by atoms with E-state index >= 15 is 0 Å². The van der Waals surface area contributed by atoms with Gasteiger partial charge in [0.05, 0.1) is 6.10 Å². The van der Waals surface area contributed by atoms with E-state index in [1.807, 2.05) is 13.8 Å². The number of nitrogens with zero attached hydrogens (tertiary/aromatic N) is 1. The van der Waals surface area contributed by atoms with Crippen LogP contribution in [0.3, 0.4) is 0 Å². The summed E-state index contributed by atoms with van der Waals surface area (Å²) in [5, 5.41) is 0. The summed E-state index contributed by atoms with van der Waals surface area (Å²) < 4.78 is 30.9. The minimum atomic E-state index is -2.37. The molecule has 2 fully saturated rings. The molecule has 1 aliphatic heterocycles. The Morgan fingerprint density at radius 3 is 2.38 bits per heavy atom. The van der Waals surface area contributed by atoms with Gasteiger partial charge in [-0.15, -0.1) is 0 Å². The van der Waals surface area contributed by atoms with Crippen LogP contribution in [0.5, 0.6) is 0 Å². The van der Waals surface area contributed by atoms with Gasteiger partial charge in [-0.3, -0.25) is 0 Å². The average molecular weight is 233 g/mol. The fraction of sp³-hybridized carbons (Fsp3) is 1.00. The predicted molar refractivity (Wildman–Crippen MR) is 58.8 cm³/mol. The van der Waals surface area contributed by atoms with Crippen molar-refractivity contribution >= 4 is 0 Å². The third-order valence-corrected chi connectivity index (χ3v) is 3.46. The van der Waals surface area contributed by atoms with Gasteiger partial charge < -0.3 is 9.64 Å². The molecule has 0 N–H and O–H groups in total. The number of alkyl halides is 2. The van der Waals surface area contributed by atoms with Crippen molar-refractivity contribution in [1.82, 2.24) is 4.90 Å². The minimum Gasteiger partial charge on any atom is -0.379 e. The van der Waals surface area contributed by atoms with E-state index < -0.39 is 5.92 Å². The lowest BCUT2D eigenvalue weighted by Crippen LogP contribution is -2.65. The third-order valence-electron chi connectivity index (χ3n) is 3.46. The summed E-state index contributed by atoms with van der Waals surface area (Å²) in [5.74, 6) is -2.37. The van der Waals surface area contributed by atoms with Crippen LogP contribution in [0.15, 0.2) is 0 Å². The topological polar surface area (TPSA) is 12.5 Å². The maximum absolute atomic E-state index is 12.7. The number of ether oxygens (including phenoxy) is 1. The number of rotatable bonds is 5. The SMILES string of the molecule is CC(C)OCCCN1CC2(C1)CC(F)(F)C2. The van der Waals surface area contributed by atoms with Gasteiger partial charge in [0.1, 0.15) is 0 Å². The van der Waals surface area contributed by atoms with E-state index in [1.165, 1.54) is 0 Å². The molecule has 0 aromatic rings. The Kier molecular flexibility index (Phi) is 3.23. The predicted octanol–water partition coefficient (Wildman–Crippen LogP) is 2.53. The maximum atomic E-state index is 12.7. The van der Waals surface area contributed by atoms with Gasteiger partial charge in [-0.2, -0.15) is 0 Å². The number of hydrogen-bond acceptors (Lipinski definition) is 2. The van der Waals surface area contributed by atoms with E-state index in [9.17, 15) is 8.78 Å². The fourth-order valence-corrected chi connectivity index (χ4v) is 2.94. The van der Waals surface area contributed by atoms with Crippen molar-refractivity contribution < 1.29 is 13.5 Å². The maximum Gasteiger partial charge on any atom is 0.249 e. The second kappa shape index (κ2) is 4.22. The van der Waals surface area contributed by atoms with E-state index in [-0.39, 0.29) is 24.4 Å². The quantitative estimate of drug-likeness (QED) is 0.677. The van der Waals surface area contributed by atoms with Crippen molar-refractivity contribution in [3.8, 4) is 0 Å². The second-order valence-electron chi connectivity index (χ2n) is 5.69. The lowest BCUT2D eigenvalue weighted by Gasteiger charge is -2.58. The van der Waals surface area contributed by atoms with Gasteiger partial charge >= 0.3 is 0 Å². The van der Waals surface area contributed by atoms with Gasteiger partial charge in [0.2, 0.25) is 5.92 Å². The Bertz CT molecular complexity index is 239. The van der Waals surface area contributed by atoms with E-state index in [2.05, 4.69) is 4.90 Å². The Labute approximate surface area is 95.9 Å². The van der Waals surface area contributed by atoms with Crippen LogP contribution < -0.4 is 0 Å². The monoisotopic (exact) mass is 233 g/mol. The van der Waals surface area contributed by atoms with Gasteiger partial charge in [-0.05, 0) is 20.3 Å². The molecule has 2 aliphatic rings. The Hall–Kier alpha value is -0.220. The molecule has 0 aromatic carbocycles. The summed E-state index contributed by atoms with van der Waals surface area (Å²) in [5.41, 5.74) is -0.0254. The van der Waals surface area contributed by atoms with Crippen LogP contribution >= 0.6 is 0 Å². The zero-order chi connectivity index (χ0) is 11.8. The molecule has 0 bridgehead atoms. The largest absolute Gasteiger partial charge is 0.379 e. The molecule has 0 unspecified atom stereocenters. The molecule has 1 aliphatic carbocycles. The molecule has 1 saturated carbocycles. The molecule has 1 spiro atoms. The van der Waals surface area contributed by atoms with Gasteiger partial charge in [0.15, 0.2) is 0 Å². The summed E-state index contributed by atoms with van der Waals surface area (Å²) in [7, 11) is 0. The second-order valence-corrected chi connectivity index (χ2v) is 5.69. The van der Waals surface area contributed by atoms with Crippen LogP contribution in [0.4, 0.5) is 8.78 Å². The van der Waals surface area contributed by atoms with Crippen molar-refractivity contribution in [3.05, 3.63) is 0 Å². The number of likely N-dealkylation sites (tertiary alicyclic amines) is 1. The van der Waals surface area contributed by atoms with E-state index in [0.29, 0.717) is 0 Å². The zero-order valence-electron chi connectivity index (χ0n) is 10.1. The fourth-order valence-electron chi connectivity index (χ4n) is 2.94. The standard InChI is InChI=1S/C12H21F2NO/c1-10(2)16-5-3-4-15-8-11(9-15)6-12(13,14)7-11/h10H,3-9H2,1-2H3. The van der Waals surface area contributed by atoms with Gasteiger partial charge in [-0.25, -0.2) is 8.78 Å². The van der Waals surface area contributed by atoms with Gasteiger partial charge in [-0.1, -0.05) is 0 Å². The molecule has 94 valence electrons. The first-order valence-corrected chi connectivity index (χ1v) is 6.13. The number of hydrogen-bond donors (Lipinski definition) is 0. The molecule has 2 rings (SSSR count). The van der Waals surface area contributed by atoms with Gasteiger partial charge in [0.25, 0.3) is 0 Å². The highest BCUT2D eigenvalue weighted by Crippen LogP contribution is 2.56. The summed E-state index contributed by atoms with van der Waals surface area (Å²) in [6.45, 7) is 7.54. The van der Waals surface area contributed by atoms with Crippen LogP contribution in [0.25, 0.3) is 0 Å². The van der Waals surface area contributed by atoms with Crippen molar-refractivity contribution in [2.24, 2.45) is 5.41 Å². The minimum absolute atomic E-state index is 0.0254. The lowest BCUT2D eigenvalue weighted by molar-refractivity contribution is -0.213. The van der Waals surface area contributed by atoms with Crippen LogP contribution in [-0.2, 0) is 4.74 Å². The molecular formula is C12H21F2NO. The molecule has 0 amide bonds. The summed E-state index contributed by atoms with van der Waals surface area (Å²) >= 11 is 0. The molecule has 2 nitrogen and oxygen atoms in total. The molecule has 16 heavy (non-hydrogen) atoms. The Balaban J connectivity index is 1.53. The van der Waals surface area contributed by atoms with E-state index in [4.69, 9.17) is 4.74 Å². The summed E-state index contributed by atoms with van der Waals surface area (Å²) in [6, 6.07) is 0. The first-order valence-electron chi connectivity index (χ1n) is 6.13. The highest BCUT2D eigenvalue weighted by Gasteiger charge is 2.61. The highest BCUT2D eigenvalue weighted by atomic mass is 19.3. The molecule has 1 heterocycles. The van der Waals surface area contributed by atoms with Crippen LogP contribution in [-0.4, -0.2) is 43.2 Å². The first-order chi connectivity index (χ1) is 7.41. The highest BCUT2D eigenvalue weighted by molar-refractivity contribution is 5.07. The van der Waals surface area contributed by atoms with Crippen LogP contribution in [0.2, 0.25) is 0 Å². The number of halogens is 2. The van der Waals surface area contributed by atoms with Crippen molar-refractivity contribution in [2.75, 3.05) is 26.2 Å². The van der Waals surface area contributed by atoms with E-state index in [0.717, 1.165) is 32.7 Å². The summed E-state index contributed by atoms with van der Waals surface area (Å²) in [6.07, 6.45) is 1.51. The molecule has 0 aromatic heterocycles.